The molecule has 1 saturated carbocycles. The van der Waals surface area contributed by atoms with Crippen molar-refractivity contribution in [3.8, 4) is 18.1 Å². The maximum atomic E-state index is 13.5. The Morgan fingerprint density at radius 3 is 2.45 bits per heavy atom. The Morgan fingerprint density at radius 2 is 1.93 bits per heavy atom. The molecule has 0 heterocycles. The fraction of sp³-hybridized carbons (Fsp3) is 0.500. The summed E-state index contributed by atoms with van der Waals surface area (Å²) in [6.45, 7) is 4.46. The molecule has 9 heteroatoms. The molecule has 1 fully saturated rings. The molecule has 0 saturated heterocycles. The summed E-state index contributed by atoms with van der Waals surface area (Å²) in [6, 6.07) is 2.60. The summed E-state index contributed by atoms with van der Waals surface area (Å²) in [5.41, 5.74) is -2.09. The van der Waals surface area contributed by atoms with Crippen molar-refractivity contribution < 1.29 is 37.3 Å². The number of para-hydroxylation sites is 1. The van der Waals surface area contributed by atoms with Gasteiger partial charge in [-0.3, -0.25) is 4.79 Å². The van der Waals surface area contributed by atoms with Crippen molar-refractivity contribution in [2.75, 3.05) is 0 Å². The molecule has 29 heavy (non-hydrogen) atoms. The summed E-state index contributed by atoms with van der Waals surface area (Å²) in [5.74, 6) is 0.191. The number of halogens is 3. The van der Waals surface area contributed by atoms with Crippen molar-refractivity contribution >= 4 is 12.1 Å². The van der Waals surface area contributed by atoms with Crippen molar-refractivity contribution in [3.05, 3.63) is 29.3 Å². The highest BCUT2D eigenvalue weighted by Crippen LogP contribution is 2.42. The summed E-state index contributed by atoms with van der Waals surface area (Å²) in [5, 5.41) is 11.4. The van der Waals surface area contributed by atoms with E-state index in [1.165, 1.54) is 32.9 Å². The minimum Gasteiger partial charge on any atom is -0.489 e. The lowest BCUT2D eigenvalue weighted by atomic mass is 9.82. The number of hydrogen-bond donors (Lipinski definition) is 2. The summed E-state index contributed by atoms with van der Waals surface area (Å²) in [4.78, 5) is 23.0. The molecule has 1 aliphatic rings. The zero-order chi connectivity index (χ0) is 22.0. The molecule has 1 aliphatic carbocycles. The number of alkyl carbamates (subject to hydrolysis) is 1. The molecule has 0 spiro atoms. The number of benzene rings is 1. The van der Waals surface area contributed by atoms with E-state index in [0.29, 0.717) is 0 Å². The van der Waals surface area contributed by atoms with Crippen molar-refractivity contribution in [2.24, 2.45) is 5.92 Å². The normalized spacial score (nSPS) is 20.0. The summed E-state index contributed by atoms with van der Waals surface area (Å²) in [7, 11) is 0. The molecule has 6 nitrogen and oxygen atoms in total. The van der Waals surface area contributed by atoms with Crippen LogP contribution in [0.5, 0.6) is 5.75 Å². The minimum absolute atomic E-state index is 0.0917. The SMILES string of the molecule is C#CC(C)(C)OC(=O)N[C@H](C)c1cccc(C(F)(F)F)c1OC1CC(C(=O)O)C1. The highest BCUT2D eigenvalue weighted by atomic mass is 19.4. The minimum atomic E-state index is -4.69. The standard InChI is InChI=1S/C20H22F3NO5/c1-5-19(3,4)29-18(27)24-11(2)14-7-6-8-15(20(21,22)23)16(14)28-13-9-12(10-13)17(25)26/h1,6-8,11-13H,9-10H2,2-4H3,(H,24,27)(H,25,26)/t11-,12?,13?/m1/s1. The van der Waals surface area contributed by atoms with Crippen LogP contribution in [0.4, 0.5) is 18.0 Å². The molecule has 1 aromatic carbocycles. The van der Waals surface area contributed by atoms with Crippen molar-refractivity contribution in [1.82, 2.24) is 5.32 Å². The molecule has 2 rings (SSSR count). The van der Waals surface area contributed by atoms with E-state index >= 15 is 0 Å². The first-order valence-corrected chi connectivity index (χ1v) is 8.91. The number of carbonyl (C=O) groups excluding carboxylic acids is 1. The number of nitrogens with one attached hydrogen (secondary N) is 1. The number of hydrogen-bond acceptors (Lipinski definition) is 4. The van der Waals surface area contributed by atoms with E-state index in [1.54, 1.807) is 0 Å². The molecular formula is C20H22F3NO5. The molecule has 1 aromatic rings. The van der Waals surface area contributed by atoms with Gasteiger partial charge >= 0.3 is 18.2 Å². The van der Waals surface area contributed by atoms with Crippen LogP contribution >= 0.6 is 0 Å². The first-order valence-electron chi connectivity index (χ1n) is 8.91. The first kappa shape index (κ1) is 22.4. The number of carboxylic acids is 1. The van der Waals surface area contributed by atoms with Gasteiger partial charge in [0.2, 0.25) is 0 Å². The van der Waals surface area contributed by atoms with Gasteiger partial charge in [-0.05, 0) is 39.7 Å². The summed E-state index contributed by atoms with van der Waals surface area (Å²) >= 11 is 0. The Labute approximate surface area is 166 Å². The molecule has 0 bridgehead atoms. The maximum Gasteiger partial charge on any atom is 0.419 e. The molecule has 1 amide bonds. The van der Waals surface area contributed by atoms with Gasteiger partial charge < -0.3 is 19.9 Å². The molecule has 1 atom stereocenters. The molecule has 0 aromatic heterocycles. The number of amides is 1. The van der Waals surface area contributed by atoms with Crippen LogP contribution in [0, 0.1) is 18.3 Å². The molecule has 2 N–H and O–H groups in total. The Bertz CT molecular complexity index is 822. The highest BCUT2D eigenvalue weighted by Gasteiger charge is 2.40. The maximum absolute atomic E-state index is 13.5. The third-order valence-electron chi connectivity index (χ3n) is 4.58. The van der Waals surface area contributed by atoms with Gasteiger partial charge in [0.1, 0.15) is 11.9 Å². The first-order chi connectivity index (χ1) is 13.3. The fourth-order valence-electron chi connectivity index (χ4n) is 2.83. The van der Waals surface area contributed by atoms with E-state index in [4.69, 9.17) is 21.0 Å². The van der Waals surface area contributed by atoms with Crippen LogP contribution in [0.3, 0.4) is 0 Å². The van der Waals surface area contributed by atoms with Gasteiger partial charge in [0, 0.05) is 5.56 Å². The number of rotatable bonds is 6. The topological polar surface area (TPSA) is 84.9 Å². The number of carboxylic acid groups (broad SMARTS) is 1. The largest absolute Gasteiger partial charge is 0.489 e. The van der Waals surface area contributed by atoms with Crippen LogP contribution < -0.4 is 10.1 Å². The number of aliphatic carboxylic acids is 1. The van der Waals surface area contributed by atoms with Crippen molar-refractivity contribution in [3.63, 3.8) is 0 Å². The Hall–Kier alpha value is -2.89. The van der Waals surface area contributed by atoms with Gasteiger partial charge in [-0.15, -0.1) is 6.42 Å². The second-order valence-corrected chi connectivity index (χ2v) is 7.38. The van der Waals surface area contributed by atoms with Crippen molar-refractivity contribution in [1.29, 1.82) is 0 Å². The van der Waals surface area contributed by atoms with Crippen LogP contribution in [0.15, 0.2) is 18.2 Å². The second-order valence-electron chi connectivity index (χ2n) is 7.38. The monoisotopic (exact) mass is 413 g/mol. The Kier molecular flexibility index (Phi) is 6.36. The van der Waals surface area contributed by atoms with Crippen LogP contribution in [0.1, 0.15) is 50.8 Å². The predicted octanol–water partition coefficient (Wildman–Crippen LogP) is 4.15. The Balaban J connectivity index is 2.25. The average molecular weight is 413 g/mol. The number of terminal acetylenes is 1. The highest BCUT2D eigenvalue weighted by molar-refractivity contribution is 5.71. The average Bonchev–Trinajstić information content (AvgIpc) is 2.55. The quantitative estimate of drug-likeness (QED) is 0.685. The summed E-state index contributed by atoms with van der Waals surface area (Å²) in [6.07, 6.45) is -0.753. The smallest absolute Gasteiger partial charge is 0.419 e. The molecule has 158 valence electrons. The van der Waals surface area contributed by atoms with Crippen LogP contribution in [-0.4, -0.2) is 28.9 Å². The van der Waals surface area contributed by atoms with Crippen molar-refractivity contribution in [2.45, 2.75) is 57.5 Å². The van der Waals surface area contributed by atoms with Crippen LogP contribution in [0.25, 0.3) is 0 Å². The lowest BCUT2D eigenvalue weighted by molar-refractivity contribution is -0.149. The van der Waals surface area contributed by atoms with Gasteiger partial charge in [-0.2, -0.15) is 13.2 Å². The van der Waals surface area contributed by atoms with E-state index in [9.17, 15) is 22.8 Å². The molecular weight excluding hydrogens is 391 g/mol. The van der Waals surface area contributed by atoms with E-state index in [2.05, 4.69) is 11.2 Å². The lowest BCUT2D eigenvalue weighted by Gasteiger charge is -2.34. The van der Waals surface area contributed by atoms with E-state index in [0.717, 1.165) is 6.07 Å². The number of ether oxygens (including phenoxy) is 2. The fourth-order valence-corrected chi connectivity index (χ4v) is 2.83. The van der Waals surface area contributed by atoms with E-state index in [-0.39, 0.29) is 18.4 Å². The third-order valence-corrected chi connectivity index (χ3v) is 4.58. The Morgan fingerprint density at radius 1 is 1.31 bits per heavy atom. The molecule has 0 unspecified atom stereocenters. The third kappa shape index (κ3) is 5.56. The zero-order valence-electron chi connectivity index (χ0n) is 16.2. The second kappa shape index (κ2) is 8.23. The number of alkyl halides is 3. The number of carbonyl (C=O) groups is 2. The van der Waals surface area contributed by atoms with Crippen LogP contribution in [0.2, 0.25) is 0 Å². The van der Waals surface area contributed by atoms with E-state index in [1.807, 2.05) is 0 Å². The predicted molar refractivity (Wildman–Crippen MR) is 97.2 cm³/mol. The van der Waals surface area contributed by atoms with Gasteiger partial charge in [-0.25, -0.2) is 4.79 Å². The lowest BCUT2D eigenvalue weighted by Crippen LogP contribution is -2.39. The van der Waals surface area contributed by atoms with Gasteiger partial charge in [0.05, 0.1) is 17.5 Å². The van der Waals surface area contributed by atoms with Gasteiger partial charge in [-0.1, -0.05) is 18.1 Å². The van der Waals surface area contributed by atoms with Gasteiger partial charge in [0.15, 0.2) is 5.60 Å². The molecule has 0 aliphatic heterocycles. The zero-order valence-corrected chi connectivity index (χ0v) is 16.2. The summed E-state index contributed by atoms with van der Waals surface area (Å²) < 4.78 is 51.1. The molecule has 0 radical (unpaired) electrons. The van der Waals surface area contributed by atoms with Gasteiger partial charge in [0.25, 0.3) is 0 Å². The van der Waals surface area contributed by atoms with Crippen LogP contribution in [-0.2, 0) is 15.7 Å². The van der Waals surface area contributed by atoms with E-state index < -0.39 is 53.2 Å².